The molecule has 0 aromatic heterocycles. The van der Waals surface area contributed by atoms with E-state index in [1.807, 2.05) is 30.5 Å². The summed E-state index contributed by atoms with van der Waals surface area (Å²) in [5, 5.41) is 0. The van der Waals surface area contributed by atoms with Crippen LogP contribution in [0.25, 0.3) is 0 Å². The monoisotopic (exact) mass is 366 g/mol. The molecule has 21 heavy (non-hydrogen) atoms. The van der Waals surface area contributed by atoms with E-state index in [0.717, 1.165) is 9.37 Å². The Labute approximate surface area is 136 Å². The largest absolute Gasteiger partial charge is 0.496 e. The predicted molar refractivity (Wildman–Crippen MR) is 88.7 cm³/mol. The third-order valence-corrected chi connectivity index (χ3v) is 4.27. The van der Waals surface area contributed by atoms with Gasteiger partial charge in [-0.1, -0.05) is 0 Å². The maximum Gasteiger partial charge on any atom is 0.200 e. The summed E-state index contributed by atoms with van der Waals surface area (Å²) in [4.78, 5) is 13.3. The third kappa shape index (κ3) is 4.25. The first-order valence-corrected chi connectivity index (χ1v) is 8.29. The van der Waals surface area contributed by atoms with Crippen LogP contribution in [0.4, 0.5) is 0 Å². The number of hydrogen-bond donors (Lipinski definition) is 0. The zero-order valence-corrected chi connectivity index (χ0v) is 14.2. The Hall–Kier alpha value is -1.46. The van der Waals surface area contributed by atoms with Gasteiger partial charge < -0.3 is 9.47 Å². The van der Waals surface area contributed by atoms with Crippen LogP contribution in [0, 0.1) is 0 Å². The number of thioether (sulfide) groups is 1. The van der Waals surface area contributed by atoms with Gasteiger partial charge in [-0.15, -0.1) is 11.8 Å². The molecule has 0 saturated carbocycles. The summed E-state index contributed by atoms with van der Waals surface area (Å²) in [7, 11) is 1.59. The third-order valence-electron chi connectivity index (χ3n) is 2.90. The first-order valence-electron chi connectivity index (χ1n) is 6.27. The molecule has 0 amide bonds. The maximum absolute atomic E-state index is 12.1. The van der Waals surface area contributed by atoms with Crippen molar-refractivity contribution < 1.29 is 14.3 Å². The minimum absolute atomic E-state index is 0.0113. The van der Waals surface area contributed by atoms with Crippen LogP contribution in [0.1, 0.15) is 10.4 Å². The van der Waals surface area contributed by atoms with Gasteiger partial charge in [-0.25, -0.2) is 0 Å². The van der Waals surface area contributed by atoms with Gasteiger partial charge in [0.2, 0.25) is 0 Å². The zero-order valence-electron chi connectivity index (χ0n) is 11.8. The lowest BCUT2D eigenvalue weighted by Crippen LogP contribution is -2.11. The van der Waals surface area contributed by atoms with E-state index in [1.165, 1.54) is 0 Å². The van der Waals surface area contributed by atoms with Crippen molar-refractivity contribution in [2.45, 2.75) is 4.90 Å². The number of ether oxygens (including phenoxy) is 2. The number of halogens is 1. The van der Waals surface area contributed by atoms with E-state index in [2.05, 4.69) is 15.9 Å². The number of Topliss-reactive ketones (excluding diaryl/α,β-unsaturated/α-hetero) is 1. The second kappa shape index (κ2) is 7.52. The summed E-state index contributed by atoms with van der Waals surface area (Å²) in [6.07, 6.45) is 2.01. The summed E-state index contributed by atoms with van der Waals surface area (Å²) in [6, 6.07) is 12.9. The Balaban J connectivity index is 1.99. The number of benzene rings is 2. The molecule has 0 radical (unpaired) electrons. The molecular weight excluding hydrogens is 352 g/mol. The Morgan fingerprint density at radius 3 is 2.48 bits per heavy atom. The fourth-order valence-electron chi connectivity index (χ4n) is 1.74. The van der Waals surface area contributed by atoms with Crippen LogP contribution in [-0.2, 0) is 0 Å². The van der Waals surface area contributed by atoms with Gasteiger partial charge in [-0.3, -0.25) is 4.79 Å². The van der Waals surface area contributed by atoms with Crippen molar-refractivity contribution in [3.63, 3.8) is 0 Å². The summed E-state index contributed by atoms with van der Waals surface area (Å²) < 4.78 is 11.4. The molecule has 0 fully saturated rings. The van der Waals surface area contributed by atoms with Crippen LogP contribution in [0.15, 0.2) is 51.8 Å². The summed E-state index contributed by atoms with van der Waals surface area (Å²) in [5.41, 5.74) is 0.586. The zero-order chi connectivity index (χ0) is 15.2. The van der Waals surface area contributed by atoms with E-state index >= 15 is 0 Å². The number of hydrogen-bond acceptors (Lipinski definition) is 4. The van der Waals surface area contributed by atoms with Gasteiger partial charge in [0.25, 0.3) is 0 Å². The smallest absolute Gasteiger partial charge is 0.200 e. The van der Waals surface area contributed by atoms with Crippen LogP contribution in [0.2, 0.25) is 0 Å². The number of methoxy groups -OCH3 is 1. The first kappa shape index (κ1) is 15.9. The molecule has 0 spiro atoms. The Kier molecular flexibility index (Phi) is 5.70. The molecule has 0 aliphatic heterocycles. The van der Waals surface area contributed by atoms with Gasteiger partial charge >= 0.3 is 0 Å². The molecule has 5 heteroatoms. The summed E-state index contributed by atoms with van der Waals surface area (Å²) in [6.45, 7) is 0.0113. The molecule has 0 N–H and O–H groups in total. The van der Waals surface area contributed by atoms with Crippen molar-refractivity contribution in [2.75, 3.05) is 20.0 Å². The lowest BCUT2D eigenvalue weighted by Gasteiger charge is -2.08. The molecular formula is C16H15BrO3S. The van der Waals surface area contributed by atoms with E-state index in [1.54, 1.807) is 37.1 Å². The van der Waals surface area contributed by atoms with Gasteiger partial charge in [0.15, 0.2) is 12.4 Å². The SMILES string of the molecule is COc1ccc(C(=O)COc2ccc(SC)cc2)cc1Br. The van der Waals surface area contributed by atoms with Gasteiger partial charge in [-0.2, -0.15) is 0 Å². The van der Waals surface area contributed by atoms with Crippen LogP contribution >= 0.6 is 27.7 Å². The first-order chi connectivity index (χ1) is 10.1. The Morgan fingerprint density at radius 2 is 1.90 bits per heavy atom. The molecule has 0 unspecified atom stereocenters. The molecule has 0 aliphatic carbocycles. The number of carbonyl (C=O) groups is 1. The van der Waals surface area contributed by atoms with Crippen molar-refractivity contribution >= 4 is 33.5 Å². The topological polar surface area (TPSA) is 35.5 Å². The molecule has 0 saturated heterocycles. The summed E-state index contributed by atoms with van der Waals surface area (Å²) >= 11 is 5.03. The van der Waals surface area contributed by atoms with Crippen LogP contribution in [-0.4, -0.2) is 25.8 Å². The average molecular weight is 367 g/mol. The molecule has 0 bridgehead atoms. The normalized spacial score (nSPS) is 10.2. The lowest BCUT2D eigenvalue weighted by molar-refractivity contribution is 0.0921. The van der Waals surface area contributed by atoms with Crippen molar-refractivity contribution in [1.29, 1.82) is 0 Å². The fraction of sp³-hybridized carbons (Fsp3) is 0.188. The molecule has 0 heterocycles. The van der Waals surface area contributed by atoms with Crippen LogP contribution in [0.3, 0.4) is 0 Å². The Bertz CT molecular complexity index is 626. The lowest BCUT2D eigenvalue weighted by atomic mass is 10.1. The van der Waals surface area contributed by atoms with Crippen molar-refractivity contribution in [3.8, 4) is 11.5 Å². The number of carbonyl (C=O) groups excluding carboxylic acids is 1. The minimum Gasteiger partial charge on any atom is -0.496 e. The molecule has 3 nitrogen and oxygen atoms in total. The van der Waals surface area contributed by atoms with Crippen molar-refractivity contribution in [1.82, 2.24) is 0 Å². The van der Waals surface area contributed by atoms with Gasteiger partial charge in [0.05, 0.1) is 11.6 Å². The Morgan fingerprint density at radius 1 is 1.19 bits per heavy atom. The highest BCUT2D eigenvalue weighted by Gasteiger charge is 2.10. The van der Waals surface area contributed by atoms with Crippen LogP contribution < -0.4 is 9.47 Å². The molecule has 2 aromatic carbocycles. The molecule has 2 aromatic rings. The number of rotatable bonds is 6. The van der Waals surface area contributed by atoms with Gasteiger partial charge in [0, 0.05) is 10.5 Å². The van der Waals surface area contributed by atoms with Crippen molar-refractivity contribution in [2.24, 2.45) is 0 Å². The summed E-state index contributed by atoms with van der Waals surface area (Å²) in [5.74, 6) is 1.31. The predicted octanol–water partition coefficient (Wildman–Crippen LogP) is 4.44. The number of ketones is 1. The van der Waals surface area contributed by atoms with E-state index in [9.17, 15) is 4.79 Å². The maximum atomic E-state index is 12.1. The van der Waals surface area contributed by atoms with Crippen LogP contribution in [0.5, 0.6) is 11.5 Å². The standard InChI is InChI=1S/C16H15BrO3S/c1-19-16-8-3-11(9-14(16)17)15(18)10-20-12-4-6-13(21-2)7-5-12/h3-9H,10H2,1-2H3. The highest BCUT2D eigenvalue weighted by molar-refractivity contribution is 9.10. The highest BCUT2D eigenvalue weighted by Crippen LogP contribution is 2.26. The molecule has 110 valence electrons. The highest BCUT2D eigenvalue weighted by atomic mass is 79.9. The quantitative estimate of drug-likeness (QED) is 0.559. The van der Waals surface area contributed by atoms with E-state index in [4.69, 9.17) is 9.47 Å². The molecule has 2 rings (SSSR count). The minimum atomic E-state index is -0.0766. The van der Waals surface area contributed by atoms with E-state index in [-0.39, 0.29) is 12.4 Å². The molecule has 0 aliphatic rings. The van der Waals surface area contributed by atoms with Gasteiger partial charge in [-0.05, 0) is 64.7 Å². The van der Waals surface area contributed by atoms with E-state index < -0.39 is 0 Å². The average Bonchev–Trinajstić information content (AvgIpc) is 2.53. The van der Waals surface area contributed by atoms with Crippen molar-refractivity contribution in [3.05, 3.63) is 52.5 Å². The van der Waals surface area contributed by atoms with E-state index in [0.29, 0.717) is 17.1 Å². The second-order valence-corrected chi connectivity index (χ2v) is 5.97. The second-order valence-electron chi connectivity index (χ2n) is 4.24. The van der Waals surface area contributed by atoms with Gasteiger partial charge in [0.1, 0.15) is 11.5 Å². The fourth-order valence-corrected chi connectivity index (χ4v) is 2.69. The molecule has 0 atom stereocenters.